The Morgan fingerprint density at radius 1 is 0.700 bits per heavy atom. The van der Waals surface area contributed by atoms with Crippen LogP contribution in [-0.4, -0.2) is 9.97 Å². The van der Waals surface area contributed by atoms with E-state index in [2.05, 4.69) is 36.8 Å². The van der Waals surface area contributed by atoms with Gasteiger partial charge in [0, 0.05) is 17.8 Å². The van der Waals surface area contributed by atoms with Gasteiger partial charge >= 0.3 is 0 Å². The fourth-order valence-corrected chi connectivity index (χ4v) is 2.49. The van der Waals surface area contributed by atoms with Gasteiger partial charge in [-0.15, -0.1) is 0 Å². The number of aromatic nitrogens is 2. The molecule has 0 atom stereocenters. The summed E-state index contributed by atoms with van der Waals surface area (Å²) in [6.07, 6.45) is 13.7. The Bertz CT molecular complexity index is 330. The molecular weight excluding hydrogens is 244 g/mol. The maximum atomic E-state index is 4.68. The summed E-state index contributed by atoms with van der Waals surface area (Å²) in [5.41, 5.74) is 2.52. The second kappa shape index (κ2) is 10.8. The van der Waals surface area contributed by atoms with E-state index in [1.807, 2.05) is 0 Å². The summed E-state index contributed by atoms with van der Waals surface area (Å²) in [6.45, 7) is 6.67. The van der Waals surface area contributed by atoms with Crippen LogP contribution in [0.2, 0.25) is 0 Å². The van der Waals surface area contributed by atoms with Gasteiger partial charge in [-0.1, -0.05) is 59.3 Å². The SMILES string of the molecule is CCCCCCc1cc(CCCCCC)nc(CC)n1. The molecule has 0 spiro atoms. The summed E-state index contributed by atoms with van der Waals surface area (Å²) >= 11 is 0. The van der Waals surface area contributed by atoms with E-state index in [1.54, 1.807) is 0 Å². The monoisotopic (exact) mass is 276 g/mol. The van der Waals surface area contributed by atoms with Crippen LogP contribution in [0.5, 0.6) is 0 Å². The highest BCUT2D eigenvalue weighted by molar-refractivity contribution is 5.12. The molecule has 0 N–H and O–H groups in total. The van der Waals surface area contributed by atoms with Crippen LogP contribution in [0.25, 0.3) is 0 Å². The molecule has 0 amide bonds. The molecule has 0 bridgehead atoms. The molecule has 0 unspecified atom stereocenters. The van der Waals surface area contributed by atoms with E-state index in [-0.39, 0.29) is 0 Å². The van der Waals surface area contributed by atoms with E-state index in [9.17, 15) is 0 Å². The number of hydrogen-bond donors (Lipinski definition) is 0. The average Bonchev–Trinajstić information content (AvgIpc) is 2.48. The van der Waals surface area contributed by atoms with Crippen LogP contribution in [0, 0.1) is 0 Å². The van der Waals surface area contributed by atoms with E-state index >= 15 is 0 Å². The number of rotatable bonds is 11. The van der Waals surface area contributed by atoms with Crippen LogP contribution in [0.4, 0.5) is 0 Å². The van der Waals surface area contributed by atoms with E-state index in [0.717, 1.165) is 25.1 Å². The molecule has 0 aromatic carbocycles. The van der Waals surface area contributed by atoms with Crippen molar-refractivity contribution in [2.75, 3.05) is 0 Å². The Morgan fingerprint density at radius 2 is 1.20 bits per heavy atom. The van der Waals surface area contributed by atoms with Crippen molar-refractivity contribution in [1.82, 2.24) is 9.97 Å². The lowest BCUT2D eigenvalue weighted by Crippen LogP contribution is -2.03. The van der Waals surface area contributed by atoms with Crippen molar-refractivity contribution in [3.63, 3.8) is 0 Å². The van der Waals surface area contributed by atoms with E-state index in [0.29, 0.717) is 0 Å². The Morgan fingerprint density at radius 3 is 1.60 bits per heavy atom. The third-order valence-corrected chi connectivity index (χ3v) is 3.77. The fourth-order valence-electron chi connectivity index (χ4n) is 2.49. The highest BCUT2D eigenvalue weighted by atomic mass is 14.9. The van der Waals surface area contributed by atoms with Crippen LogP contribution < -0.4 is 0 Å². The Hall–Kier alpha value is -0.920. The maximum absolute atomic E-state index is 4.68. The first-order valence-electron chi connectivity index (χ1n) is 8.65. The second-order valence-corrected chi connectivity index (χ2v) is 5.74. The normalized spacial score (nSPS) is 10.9. The van der Waals surface area contributed by atoms with Crippen LogP contribution in [0.1, 0.15) is 89.4 Å². The predicted octanol–water partition coefficient (Wildman–Crippen LogP) is 5.28. The van der Waals surface area contributed by atoms with Crippen molar-refractivity contribution in [2.45, 2.75) is 91.4 Å². The highest BCUT2D eigenvalue weighted by Crippen LogP contribution is 2.11. The molecule has 0 saturated carbocycles. The van der Waals surface area contributed by atoms with Gasteiger partial charge in [0.05, 0.1) is 0 Å². The molecule has 0 fully saturated rings. The summed E-state index contributed by atoms with van der Waals surface area (Å²) in [7, 11) is 0. The first-order chi connectivity index (χ1) is 9.80. The van der Waals surface area contributed by atoms with E-state index in [4.69, 9.17) is 0 Å². The first-order valence-corrected chi connectivity index (χ1v) is 8.65. The smallest absolute Gasteiger partial charge is 0.128 e. The van der Waals surface area contributed by atoms with E-state index < -0.39 is 0 Å². The molecule has 1 aromatic heterocycles. The molecule has 0 aliphatic heterocycles. The molecule has 114 valence electrons. The topological polar surface area (TPSA) is 25.8 Å². The van der Waals surface area contributed by atoms with Gasteiger partial charge in [-0.25, -0.2) is 9.97 Å². The van der Waals surface area contributed by atoms with Crippen molar-refractivity contribution >= 4 is 0 Å². The summed E-state index contributed by atoms with van der Waals surface area (Å²) in [5.74, 6) is 1.03. The largest absolute Gasteiger partial charge is 0.238 e. The summed E-state index contributed by atoms with van der Waals surface area (Å²) in [6, 6.07) is 2.25. The number of nitrogens with zero attached hydrogens (tertiary/aromatic N) is 2. The molecule has 1 heterocycles. The summed E-state index contributed by atoms with van der Waals surface area (Å²) in [5, 5.41) is 0. The zero-order chi connectivity index (χ0) is 14.6. The van der Waals surface area contributed by atoms with Crippen LogP contribution in [-0.2, 0) is 19.3 Å². The summed E-state index contributed by atoms with van der Waals surface area (Å²) in [4.78, 5) is 9.37. The van der Waals surface area contributed by atoms with Gasteiger partial charge in [0.15, 0.2) is 0 Å². The lowest BCUT2D eigenvalue weighted by atomic mass is 10.1. The third-order valence-electron chi connectivity index (χ3n) is 3.77. The van der Waals surface area contributed by atoms with Crippen molar-refractivity contribution in [3.8, 4) is 0 Å². The number of unbranched alkanes of at least 4 members (excludes halogenated alkanes) is 6. The van der Waals surface area contributed by atoms with Crippen molar-refractivity contribution < 1.29 is 0 Å². The third kappa shape index (κ3) is 7.02. The van der Waals surface area contributed by atoms with Gasteiger partial charge in [0.2, 0.25) is 0 Å². The minimum atomic E-state index is 0.949. The molecule has 0 aliphatic rings. The zero-order valence-electron chi connectivity index (χ0n) is 13.7. The number of hydrogen-bond acceptors (Lipinski definition) is 2. The van der Waals surface area contributed by atoms with Crippen molar-refractivity contribution in [3.05, 3.63) is 23.3 Å². The molecule has 2 nitrogen and oxygen atoms in total. The number of aryl methyl sites for hydroxylation is 3. The molecule has 2 heteroatoms. The maximum Gasteiger partial charge on any atom is 0.128 e. The van der Waals surface area contributed by atoms with Gasteiger partial charge in [0.1, 0.15) is 5.82 Å². The first kappa shape index (κ1) is 17.1. The zero-order valence-corrected chi connectivity index (χ0v) is 13.7. The van der Waals surface area contributed by atoms with Crippen LogP contribution >= 0.6 is 0 Å². The lowest BCUT2D eigenvalue weighted by Gasteiger charge is -2.07. The van der Waals surface area contributed by atoms with Gasteiger partial charge in [-0.05, 0) is 31.7 Å². The molecule has 20 heavy (non-hydrogen) atoms. The van der Waals surface area contributed by atoms with Crippen molar-refractivity contribution in [1.29, 1.82) is 0 Å². The van der Waals surface area contributed by atoms with Gasteiger partial charge in [-0.2, -0.15) is 0 Å². The lowest BCUT2D eigenvalue weighted by molar-refractivity contribution is 0.645. The highest BCUT2D eigenvalue weighted by Gasteiger charge is 2.04. The molecule has 0 saturated heterocycles. The molecule has 0 aliphatic carbocycles. The van der Waals surface area contributed by atoms with Crippen LogP contribution in [0.3, 0.4) is 0 Å². The standard InChI is InChI=1S/C18H32N2/c1-4-7-9-11-13-16-15-17(14-12-10-8-5-2)20-18(6-3)19-16/h15H,4-14H2,1-3H3. The Kier molecular flexibility index (Phi) is 9.27. The minimum absolute atomic E-state index is 0.949. The second-order valence-electron chi connectivity index (χ2n) is 5.74. The average molecular weight is 276 g/mol. The van der Waals surface area contributed by atoms with Gasteiger partial charge < -0.3 is 0 Å². The fraction of sp³-hybridized carbons (Fsp3) is 0.778. The van der Waals surface area contributed by atoms with Crippen LogP contribution in [0.15, 0.2) is 6.07 Å². The Balaban J connectivity index is 2.51. The molecular formula is C18H32N2. The Labute approximate surface area is 125 Å². The quantitative estimate of drug-likeness (QED) is 0.513. The predicted molar refractivity (Wildman–Crippen MR) is 87.1 cm³/mol. The van der Waals surface area contributed by atoms with Crippen molar-refractivity contribution in [2.24, 2.45) is 0 Å². The molecule has 1 rings (SSSR count). The van der Waals surface area contributed by atoms with Gasteiger partial charge in [-0.3, -0.25) is 0 Å². The molecule has 1 aromatic rings. The summed E-state index contributed by atoms with van der Waals surface area (Å²) < 4.78 is 0. The minimum Gasteiger partial charge on any atom is -0.238 e. The van der Waals surface area contributed by atoms with Gasteiger partial charge in [0.25, 0.3) is 0 Å². The molecule has 0 radical (unpaired) electrons. The van der Waals surface area contributed by atoms with E-state index in [1.165, 1.54) is 62.8 Å².